The van der Waals surface area contributed by atoms with Crippen molar-refractivity contribution in [3.8, 4) is 5.69 Å². The summed E-state index contributed by atoms with van der Waals surface area (Å²) in [6.45, 7) is 3.66. The zero-order valence-electron chi connectivity index (χ0n) is 22.7. The smallest absolute Gasteiger partial charge is 0.355 e. The number of rotatable bonds is 7. The maximum absolute atomic E-state index is 12.8. The van der Waals surface area contributed by atoms with E-state index in [1.54, 1.807) is 6.92 Å². The monoisotopic (exact) mass is 647 g/mol. The fourth-order valence-corrected chi connectivity index (χ4v) is 4.79. The molecule has 0 fully saturated rings. The van der Waals surface area contributed by atoms with E-state index >= 15 is 0 Å². The van der Waals surface area contributed by atoms with Crippen molar-refractivity contribution in [2.24, 2.45) is 10.9 Å². The van der Waals surface area contributed by atoms with Crippen molar-refractivity contribution >= 4 is 56.6 Å². The molecule has 3 heterocycles. The highest BCUT2D eigenvalue weighted by Gasteiger charge is 2.43. The zero-order valence-corrected chi connectivity index (χ0v) is 25.0. The van der Waals surface area contributed by atoms with Gasteiger partial charge in [0.2, 0.25) is 10.0 Å². The SMILES string of the molecule is CC(C)C1(C)N=C(c2ncccc2C(=O)O)NC1=O.Cc1nn(-c2cc(NS(C)(=O)=O)c(Cl)cc2Cl)c(=O)n1C(F)F. The molecule has 0 saturated heterocycles. The second-order valence-electron chi connectivity index (χ2n) is 9.47. The Morgan fingerprint density at radius 2 is 1.83 bits per heavy atom. The van der Waals surface area contributed by atoms with Crippen LogP contribution >= 0.6 is 23.2 Å². The number of halogens is 4. The van der Waals surface area contributed by atoms with Crippen LogP contribution in [0.1, 0.15) is 49.2 Å². The molecule has 3 aromatic rings. The molecule has 226 valence electrons. The Morgan fingerprint density at radius 1 is 1.19 bits per heavy atom. The molecular weight excluding hydrogens is 623 g/mol. The van der Waals surface area contributed by atoms with Crippen molar-refractivity contribution in [1.29, 1.82) is 0 Å². The number of anilines is 1. The third-order valence-corrected chi connectivity index (χ3v) is 7.36. The van der Waals surface area contributed by atoms with Gasteiger partial charge in [0, 0.05) is 6.20 Å². The highest BCUT2D eigenvalue weighted by molar-refractivity contribution is 7.92. The summed E-state index contributed by atoms with van der Waals surface area (Å²) in [6.07, 6.45) is 2.38. The van der Waals surface area contributed by atoms with Crippen LogP contribution in [-0.4, -0.2) is 62.4 Å². The number of amides is 1. The molecule has 1 amide bonds. The van der Waals surface area contributed by atoms with Crippen molar-refractivity contribution in [1.82, 2.24) is 24.6 Å². The van der Waals surface area contributed by atoms with Crippen LogP contribution in [0.15, 0.2) is 40.2 Å². The van der Waals surface area contributed by atoms with Crippen LogP contribution < -0.4 is 15.7 Å². The number of aryl methyl sites for hydroxylation is 1. The van der Waals surface area contributed by atoms with E-state index in [0.717, 1.165) is 12.3 Å². The third kappa shape index (κ3) is 6.77. The lowest BCUT2D eigenvalue weighted by molar-refractivity contribution is -0.124. The molecule has 1 aliphatic rings. The van der Waals surface area contributed by atoms with Crippen LogP contribution in [-0.2, 0) is 14.8 Å². The van der Waals surface area contributed by atoms with E-state index in [1.165, 1.54) is 31.3 Å². The second kappa shape index (κ2) is 12.1. The largest absolute Gasteiger partial charge is 0.478 e. The molecule has 0 aliphatic carbocycles. The standard InChI is InChI=1S/C13H15N3O3.C11H10Cl2F2N4O3S/c1-7(2)13(3)12(19)15-10(16-13)9-8(11(17)18)5-4-6-14-9;1-5-16-19(11(20)18(5)10(14)15)9-4-8(17-23(2,21)22)6(12)3-7(9)13/h4-7H,1-3H3,(H,17,18)(H,15,16,19);3-4,10,17H,1-2H3. The number of aliphatic imine (C=N–C) groups is 1. The minimum atomic E-state index is -3.65. The first-order valence-electron chi connectivity index (χ1n) is 11.9. The number of hydrogen-bond acceptors (Lipinski definition) is 8. The Labute approximate surface area is 248 Å². The number of nitrogens with zero attached hydrogens (tertiary/aromatic N) is 5. The van der Waals surface area contributed by atoms with Crippen LogP contribution in [0, 0.1) is 12.8 Å². The zero-order chi connectivity index (χ0) is 31.7. The fourth-order valence-electron chi connectivity index (χ4n) is 3.65. The molecule has 3 N–H and O–H groups in total. The van der Waals surface area contributed by atoms with Gasteiger partial charge in [-0.15, -0.1) is 5.10 Å². The number of carbonyl (C=O) groups is 2. The lowest BCUT2D eigenvalue weighted by Crippen LogP contribution is -2.41. The van der Waals surface area contributed by atoms with Crippen LogP contribution in [0.5, 0.6) is 0 Å². The first kappa shape index (κ1) is 32.6. The van der Waals surface area contributed by atoms with Gasteiger partial charge in [0.25, 0.3) is 5.91 Å². The lowest BCUT2D eigenvalue weighted by Gasteiger charge is -2.21. The number of carboxylic acids is 1. The molecule has 1 aromatic carbocycles. The van der Waals surface area contributed by atoms with Gasteiger partial charge in [-0.05, 0) is 44.0 Å². The van der Waals surface area contributed by atoms with Gasteiger partial charge in [-0.3, -0.25) is 14.5 Å². The summed E-state index contributed by atoms with van der Waals surface area (Å²) in [5.74, 6) is -1.34. The molecule has 13 nitrogen and oxygen atoms in total. The molecule has 1 aliphatic heterocycles. The molecule has 18 heteroatoms. The highest BCUT2D eigenvalue weighted by Crippen LogP contribution is 2.31. The van der Waals surface area contributed by atoms with E-state index in [4.69, 9.17) is 28.3 Å². The Balaban J connectivity index is 0.000000235. The summed E-state index contributed by atoms with van der Waals surface area (Å²) in [5, 5.41) is 15.4. The van der Waals surface area contributed by atoms with E-state index in [1.807, 2.05) is 13.8 Å². The number of sulfonamides is 1. The minimum Gasteiger partial charge on any atom is -0.478 e. The topological polar surface area (TPSA) is 178 Å². The predicted molar refractivity (Wildman–Crippen MR) is 151 cm³/mol. The van der Waals surface area contributed by atoms with Gasteiger partial charge in [0.15, 0.2) is 5.84 Å². The maximum atomic E-state index is 12.8. The lowest BCUT2D eigenvalue weighted by atomic mass is 9.89. The first-order chi connectivity index (χ1) is 19.4. The normalized spacial score (nSPS) is 16.6. The van der Waals surface area contributed by atoms with Crippen molar-refractivity contribution in [3.05, 3.63) is 68.1 Å². The number of aromatic carboxylic acids is 1. The number of carboxylic acid groups (broad SMARTS) is 1. The summed E-state index contributed by atoms with van der Waals surface area (Å²) in [4.78, 5) is 43.5. The van der Waals surface area contributed by atoms with Gasteiger partial charge in [-0.1, -0.05) is 37.0 Å². The van der Waals surface area contributed by atoms with Gasteiger partial charge in [-0.2, -0.15) is 13.5 Å². The van der Waals surface area contributed by atoms with Crippen molar-refractivity contribution < 1.29 is 31.9 Å². The number of aromatic nitrogens is 4. The summed E-state index contributed by atoms with van der Waals surface area (Å²) >= 11 is 11.8. The number of amidine groups is 1. The van der Waals surface area contributed by atoms with Crippen molar-refractivity contribution in [2.45, 2.75) is 39.8 Å². The van der Waals surface area contributed by atoms with Crippen LogP contribution in [0.4, 0.5) is 14.5 Å². The van der Waals surface area contributed by atoms with E-state index in [9.17, 15) is 31.6 Å². The Hall–Kier alpha value is -3.89. The minimum absolute atomic E-state index is 0.00184. The molecule has 1 unspecified atom stereocenters. The maximum Gasteiger partial charge on any atom is 0.355 e. The van der Waals surface area contributed by atoms with E-state index < -0.39 is 33.8 Å². The number of benzene rings is 1. The van der Waals surface area contributed by atoms with E-state index in [0.29, 0.717) is 4.68 Å². The van der Waals surface area contributed by atoms with Crippen LogP contribution in [0.3, 0.4) is 0 Å². The number of hydrogen-bond donors (Lipinski definition) is 3. The Bertz CT molecular complexity index is 1760. The fraction of sp³-hybridized carbons (Fsp3) is 0.333. The number of carbonyl (C=O) groups excluding carboxylic acids is 1. The number of nitrogens with one attached hydrogen (secondary N) is 2. The molecule has 0 bridgehead atoms. The van der Waals surface area contributed by atoms with Gasteiger partial charge in [-0.25, -0.2) is 27.6 Å². The van der Waals surface area contributed by atoms with Crippen molar-refractivity contribution in [3.63, 3.8) is 0 Å². The van der Waals surface area contributed by atoms with Gasteiger partial charge in [0.1, 0.15) is 17.1 Å². The quantitative estimate of drug-likeness (QED) is 0.349. The van der Waals surface area contributed by atoms with Gasteiger partial charge >= 0.3 is 18.2 Å². The second-order valence-corrected chi connectivity index (χ2v) is 12.0. The van der Waals surface area contributed by atoms with E-state index in [-0.39, 0.29) is 60.7 Å². The van der Waals surface area contributed by atoms with E-state index in [2.05, 4.69) is 25.1 Å². The Morgan fingerprint density at radius 3 is 2.33 bits per heavy atom. The average Bonchev–Trinajstić information content (AvgIpc) is 3.35. The van der Waals surface area contributed by atoms with Crippen LogP contribution in [0.25, 0.3) is 5.69 Å². The summed E-state index contributed by atoms with van der Waals surface area (Å²) < 4.78 is 51.3. The molecule has 0 radical (unpaired) electrons. The summed E-state index contributed by atoms with van der Waals surface area (Å²) in [6, 6.07) is 5.28. The molecule has 0 saturated carbocycles. The van der Waals surface area contributed by atoms with Crippen LogP contribution in [0.2, 0.25) is 10.0 Å². The molecule has 2 aromatic heterocycles. The molecule has 42 heavy (non-hydrogen) atoms. The molecule has 1 atom stereocenters. The highest BCUT2D eigenvalue weighted by atomic mass is 35.5. The first-order valence-corrected chi connectivity index (χ1v) is 14.6. The van der Waals surface area contributed by atoms with Crippen molar-refractivity contribution in [2.75, 3.05) is 11.0 Å². The average molecular weight is 648 g/mol. The molecular formula is C24H25Cl2F2N7O6S. The number of alkyl halides is 2. The molecule has 0 spiro atoms. The number of pyridine rings is 1. The summed E-state index contributed by atoms with van der Waals surface area (Å²) in [5.41, 5.74) is -1.95. The van der Waals surface area contributed by atoms with Gasteiger partial charge in [0.05, 0.1) is 33.2 Å². The Kier molecular flexibility index (Phi) is 9.44. The summed E-state index contributed by atoms with van der Waals surface area (Å²) in [7, 11) is -3.65. The third-order valence-electron chi connectivity index (χ3n) is 6.16. The predicted octanol–water partition coefficient (Wildman–Crippen LogP) is 3.49. The molecule has 4 rings (SSSR count). The van der Waals surface area contributed by atoms with Gasteiger partial charge < -0.3 is 10.4 Å².